The third kappa shape index (κ3) is 61.2. The van der Waals surface area contributed by atoms with Gasteiger partial charge in [0.15, 0.2) is 6.10 Å². The van der Waals surface area contributed by atoms with Gasteiger partial charge in [0.05, 0.1) is 0 Å². The highest BCUT2D eigenvalue weighted by atomic mass is 16.6. The molecule has 0 amide bonds. The second-order valence-electron chi connectivity index (χ2n) is 21.3. The van der Waals surface area contributed by atoms with E-state index in [2.05, 4.69) is 118 Å². The predicted molar refractivity (Wildman–Crippen MR) is 330 cm³/mol. The minimum Gasteiger partial charge on any atom is -0.462 e. The van der Waals surface area contributed by atoms with Crippen LogP contribution >= 0.6 is 0 Å². The van der Waals surface area contributed by atoms with Crippen molar-refractivity contribution in [1.82, 2.24) is 0 Å². The first-order valence-corrected chi connectivity index (χ1v) is 32.2. The molecular weight excluding hydrogens is 937 g/mol. The molecule has 0 aromatic carbocycles. The van der Waals surface area contributed by atoms with E-state index in [-0.39, 0.29) is 31.1 Å². The molecule has 0 aliphatic heterocycles. The predicted octanol–water partition coefficient (Wildman–Crippen LogP) is 22.0. The van der Waals surface area contributed by atoms with Crippen LogP contribution in [0.5, 0.6) is 0 Å². The maximum atomic E-state index is 12.9. The lowest BCUT2D eigenvalue weighted by atomic mass is 10.0. The molecular formula is C70H120O6. The molecule has 1 unspecified atom stereocenters. The molecule has 0 aromatic rings. The summed E-state index contributed by atoms with van der Waals surface area (Å²) in [7, 11) is 0. The molecule has 0 heterocycles. The third-order valence-corrected chi connectivity index (χ3v) is 13.8. The number of ether oxygens (including phenoxy) is 3. The molecule has 0 spiro atoms. The Morgan fingerprint density at radius 1 is 0.276 bits per heavy atom. The number of hydrogen-bond donors (Lipinski definition) is 0. The van der Waals surface area contributed by atoms with Crippen molar-refractivity contribution in [3.8, 4) is 0 Å². The van der Waals surface area contributed by atoms with Crippen molar-refractivity contribution in [1.29, 1.82) is 0 Å². The summed E-state index contributed by atoms with van der Waals surface area (Å²) in [6.45, 7) is 6.53. The van der Waals surface area contributed by atoms with Crippen LogP contribution in [0.4, 0.5) is 0 Å². The van der Waals surface area contributed by atoms with Crippen LogP contribution in [0.3, 0.4) is 0 Å². The highest BCUT2D eigenvalue weighted by molar-refractivity contribution is 5.71. The summed E-state index contributed by atoms with van der Waals surface area (Å²) in [4.78, 5) is 38.2. The van der Waals surface area contributed by atoms with E-state index in [4.69, 9.17) is 14.2 Å². The molecule has 0 radical (unpaired) electrons. The van der Waals surface area contributed by atoms with E-state index < -0.39 is 6.10 Å². The molecule has 6 heteroatoms. The molecule has 0 aliphatic carbocycles. The van der Waals surface area contributed by atoms with Crippen LogP contribution in [0.15, 0.2) is 97.2 Å². The summed E-state index contributed by atoms with van der Waals surface area (Å²) in [5.74, 6) is -0.884. The SMILES string of the molecule is CC/C=C\C/C=C\C/C=C\C/C=C\C/C=C\C/C=C\C/C=C\CCCCCCCCCCCC(=O)OCC(COC(=O)CCCCCCCCCCCCCCC)OC(=O)CCCCCCC/C=C\CCCCCCC. The molecule has 0 rings (SSSR count). The Balaban J connectivity index is 4.25. The summed E-state index contributed by atoms with van der Waals surface area (Å²) < 4.78 is 16.9. The van der Waals surface area contributed by atoms with E-state index in [1.54, 1.807) is 0 Å². The second-order valence-corrected chi connectivity index (χ2v) is 21.3. The Hall–Kier alpha value is -3.67. The molecule has 6 nitrogen and oxygen atoms in total. The average molecular weight is 1060 g/mol. The van der Waals surface area contributed by atoms with Gasteiger partial charge in [0, 0.05) is 19.3 Å². The van der Waals surface area contributed by atoms with Crippen LogP contribution in [0, 0.1) is 0 Å². The molecule has 436 valence electrons. The van der Waals surface area contributed by atoms with Crippen molar-refractivity contribution in [2.24, 2.45) is 0 Å². The smallest absolute Gasteiger partial charge is 0.306 e. The van der Waals surface area contributed by atoms with Crippen LogP contribution in [-0.2, 0) is 28.6 Å². The summed E-state index contributed by atoms with van der Waals surface area (Å²) in [5.41, 5.74) is 0. The Morgan fingerprint density at radius 2 is 0.513 bits per heavy atom. The highest BCUT2D eigenvalue weighted by Crippen LogP contribution is 2.16. The normalized spacial score (nSPS) is 12.7. The molecule has 0 N–H and O–H groups in total. The second kappa shape index (κ2) is 63.9. The van der Waals surface area contributed by atoms with Gasteiger partial charge in [-0.2, -0.15) is 0 Å². The Morgan fingerprint density at radius 3 is 0.816 bits per heavy atom. The van der Waals surface area contributed by atoms with Crippen LogP contribution in [0.1, 0.15) is 310 Å². The Labute approximate surface area is 470 Å². The fraction of sp³-hybridized carbons (Fsp3) is 0.729. The average Bonchev–Trinajstić information content (AvgIpc) is 3.42. The first-order valence-electron chi connectivity index (χ1n) is 32.2. The molecule has 0 saturated heterocycles. The Kier molecular flexibility index (Phi) is 60.8. The number of allylic oxidation sites excluding steroid dienone is 16. The van der Waals surface area contributed by atoms with E-state index >= 15 is 0 Å². The standard InChI is InChI=1S/C70H120O6/c1-4-7-10-13-16-19-22-25-27-28-29-30-31-32-33-34-35-36-37-38-39-40-41-42-43-46-48-51-54-57-60-63-69(72)75-66-67(65-74-68(71)62-59-56-53-50-47-44-24-21-18-15-12-9-6-3)76-70(73)64-61-58-55-52-49-45-26-23-20-17-14-11-8-5-2/h7,10,16,19,23,25-27,29-30,32-33,35-36,38-39,67H,4-6,8-9,11-15,17-18,20-22,24,28,31,34,37,40-66H2,1-3H3/b10-7-,19-16-,26-23-,27-25-,30-29-,33-32-,36-35-,39-38-. The van der Waals surface area contributed by atoms with Crippen molar-refractivity contribution >= 4 is 17.9 Å². The number of esters is 3. The van der Waals surface area contributed by atoms with E-state index in [0.29, 0.717) is 19.3 Å². The summed E-state index contributed by atoms with van der Waals surface area (Å²) in [6.07, 6.45) is 85.6. The summed E-state index contributed by atoms with van der Waals surface area (Å²) in [5, 5.41) is 0. The van der Waals surface area contributed by atoms with Crippen molar-refractivity contribution < 1.29 is 28.6 Å². The topological polar surface area (TPSA) is 78.9 Å². The fourth-order valence-corrected chi connectivity index (χ4v) is 9.01. The molecule has 0 aromatic heterocycles. The third-order valence-electron chi connectivity index (χ3n) is 13.8. The van der Waals surface area contributed by atoms with E-state index in [1.165, 1.54) is 148 Å². The van der Waals surface area contributed by atoms with Crippen LogP contribution < -0.4 is 0 Å². The zero-order valence-corrected chi connectivity index (χ0v) is 50.0. The van der Waals surface area contributed by atoms with Gasteiger partial charge in [0.1, 0.15) is 13.2 Å². The zero-order chi connectivity index (χ0) is 55.0. The minimum absolute atomic E-state index is 0.0790. The van der Waals surface area contributed by atoms with Gasteiger partial charge in [-0.1, -0.05) is 285 Å². The monoisotopic (exact) mass is 1060 g/mol. The lowest BCUT2D eigenvalue weighted by Gasteiger charge is -2.18. The molecule has 76 heavy (non-hydrogen) atoms. The van der Waals surface area contributed by atoms with Crippen molar-refractivity contribution in [3.63, 3.8) is 0 Å². The summed E-state index contributed by atoms with van der Waals surface area (Å²) in [6, 6.07) is 0. The zero-order valence-electron chi connectivity index (χ0n) is 50.0. The van der Waals surface area contributed by atoms with Gasteiger partial charge in [0.25, 0.3) is 0 Å². The first-order chi connectivity index (χ1) is 37.5. The van der Waals surface area contributed by atoms with Crippen molar-refractivity contribution in [2.45, 2.75) is 316 Å². The van der Waals surface area contributed by atoms with Gasteiger partial charge in [-0.15, -0.1) is 0 Å². The molecule has 0 saturated carbocycles. The number of hydrogen-bond acceptors (Lipinski definition) is 6. The van der Waals surface area contributed by atoms with Gasteiger partial charge in [-0.3, -0.25) is 14.4 Å². The quantitative estimate of drug-likeness (QED) is 0.0261. The van der Waals surface area contributed by atoms with Crippen LogP contribution in [-0.4, -0.2) is 37.2 Å². The first kappa shape index (κ1) is 72.3. The number of carbonyl (C=O) groups is 3. The van der Waals surface area contributed by atoms with Crippen molar-refractivity contribution in [2.75, 3.05) is 13.2 Å². The minimum atomic E-state index is -0.783. The van der Waals surface area contributed by atoms with Gasteiger partial charge >= 0.3 is 17.9 Å². The number of unbranched alkanes of at least 4 members (excludes halogenated alkanes) is 31. The van der Waals surface area contributed by atoms with E-state index in [1.807, 2.05) is 0 Å². The molecule has 1 atom stereocenters. The maximum absolute atomic E-state index is 12.9. The van der Waals surface area contributed by atoms with E-state index in [9.17, 15) is 14.4 Å². The van der Waals surface area contributed by atoms with Gasteiger partial charge in [-0.05, 0) is 103 Å². The van der Waals surface area contributed by atoms with Crippen LogP contribution in [0.25, 0.3) is 0 Å². The fourth-order valence-electron chi connectivity index (χ4n) is 9.01. The molecule has 0 aliphatic rings. The van der Waals surface area contributed by atoms with Gasteiger partial charge in [-0.25, -0.2) is 0 Å². The lowest BCUT2D eigenvalue weighted by molar-refractivity contribution is -0.167. The van der Waals surface area contributed by atoms with Gasteiger partial charge in [0.2, 0.25) is 0 Å². The number of carbonyl (C=O) groups excluding carboxylic acids is 3. The highest BCUT2D eigenvalue weighted by Gasteiger charge is 2.19. The summed E-state index contributed by atoms with van der Waals surface area (Å²) >= 11 is 0. The molecule has 0 fully saturated rings. The molecule has 0 bridgehead atoms. The maximum Gasteiger partial charge on any atom is 0.306 e. The largest absolute Gasteiger partial charge is 0.462 e. The van der Waals surface area contributed by atoms with Gasteiger partial charge < -0.3 is 14.2 Å². The Bertz CT molecular complexity index is 1490. The van der Waals surface area contributed by atoms with E-state index in [0.717, 1.165) is 122 Å². The lowest BCUT2D eigenvalue weighted by Crippen LogP contribution is -2.30. The van der Waals surface area contributed by atoms with Crippen LogP contribution in [0.2, 0.25) is 0 Å². The number of rotatable bonds is 58. The van der Waals surface area contributed by atoms with Crippen molar-refractivity contribution in [3.05, 3.63) is 97.2 Å².